The van der Waals surface area contributed by atoms with Crippen molar-refractivity contribution in [2.24, 2.45) is 0 Å². The zero-order chi connectivity index (χ0) is 29.1. The molecule has 0 atom stereocenters. The normalized spacial score (nSPS) is 11.5. The zero-order valence-electron chi connectivity index (χ0n) is 24.4. The Bertz CT molecular complexity index is 1050. The molecule has 1 fully saturated rings. The minimum Gasteiger partial charge on any atom is -0.300 e. The predicted octanol–water partition coefficient (Wildman–Crippen LogP) is 8.32. The molecule has 0 N–H and O–H groups in total. The van der Waals surface area contributed by atoms with Crippen molar-refractivity contribution in [1.29, 1.82) is 0 Å². The van der Waals surface area contributed by atoms with Crippen molar-refractivity contribution in [3.05, 3.63) is 70.3 Å². The van der Waals surface area contributed by atoms with Crippen LogP contribution in [0.25, 0.3) is 0 Å². The molecule has 0 radical (unpaired) electrons. The van der Waals surface area contributed by atoms with Crippen LogP contribution >= 0.6 is 0 Å². The highest BCUT2D eigenvalue weighted by Crippen LogP contribution is 2.18. The second-order valence-electron chi connectivity index (χ2n) is 9.83. The lowest BCUT2D eigenvalue weighted by atomic mass is 9.95. The van der Waals surface area contributed by atoms with Gasteiger partial charge in [0, 0.05) is 36.8 Å². The SMILES string of the molecule is C.CC(C)=O.CCCCCCC(=O)CC.Cc1ccc(C)c(C(=O)c2ccccc2C)c1.O=C1CCC(=O)C1. The van der Waals surface area contributed by atoms with E-state index in [0.29, 0.717) is 25.0 Å². The van der Waals surface area contributed by atoms with Crippen LogP contribution in [0.2, 0.25) is 0 Å². The van der Waals surface area contributed by atoms with Crippen LogP contribution in [0.4, 0.5) is 0 Å². The first-order chi connectivity index (χ1) is 17.9. The van der Waals surface area contributed by atoms with E-state index in [2.05, 4.69) is 6.92 Å². The highest BCUT2D eigenvalue weighted by Gasteiger charge is 2.17. The minimum absolute atomic E-state index is 0. The van der Waals surface area contributed by atoms with Crippen LogP contribution < -0.4 is 0 Å². The zero-order valence-corrected chi connectivity index (χ0v) is 24.4. The molecule has 0 aliphatic heterocycles. The molecule has 1 saturated carbocycles. The third kappa shape index (κ3) is 17.8. The number of carbonyl (C=O) groups excluding carboxylic acids is 5. The molecule has 5 heteroatoms. The van der Waals surface area contributed by atoms with Crippen LogP contribution in [0.5, 0.6) is 0 Å². The molecular weight excluding hydrogens is 488 g/mol. The maximum atomic E-state index is 12.4. The van der Waals surface area contributed by atoms with Gasteiger partial charge < -0.3 is 4.79 Å². The number of carbonyl (C=O) groups is 5. The fourth-order valence-corrected chi connectivity index (χ4v) is 3.55. The van der Waals surface area contributed by atoms with Crippen LogP contribution in [0.1, 0.15) is 126 Å². The van der Waals surface area contributed by atoms with Gasteiger partial charge in [-0.25, -0.2) is 0 Å². The number of ketones is 5. The number of benzene rings is 2. The Morgan fingerprint density at radius 2 is 1.28 bits per heavy atom. The molecular formula is C34H50O5. The fourth-order valence-electron chi connectivity index (χ4n) is 3.55. The van der Waals surface area contributed by atoms with E-state index in [1.807, 2.05) is 70.2 Å². The van der Waals surface area contributed by atoms with Crippen LogP contribution in [0.15, 0.2) is 42.5 Å². The lowest BCUT2D eigenvalue weighted by Gasteiger charge is -2.08. The maximum absolute atomic E-state index is 12.4. The van der Waals surface area contributed by atoms with E-state index in [1.54, 1.807) is 0 Å². The summed E-state index contributed by atoms with van der Waals surface area (Å²) < 4.78 is 0. The number of Topliss-reactive ketones (excluding diaryl/α,β-unsaturated/α-hetero) is 4. The molecule has 1 aliphatic rings. The molecule has 0 spiro atoms. The molecule has 0 bridgehead atoms. The van der Waals surface area contributed by atoms with Gasteiger partial charge in [-0.05, 0) is 58.2 Å². The molecule has 0 amide bonds. The average Bonchev–Trinajstić information content (AvgIpc) is 3.25. The molecule has 5 nitrogen and oxygen atoms in total. The summed E-state index contributed by atoms with van der Waals surface area (Å²) in [5.74, 6) is 0.899. The van der Waals surface area contributed by atoms with Crippen molar-refractivity contribution in [1.82, 2.24) is 0 Å². The Labute approximate surface area is 236 Å². The molecule has 0 saturated heterocycles. The van der Waals surface area contributed by atoms with Crippen LogP contribution in [-0.4, -0.2) is 28.9 Å². The van der Waals surface area contributed by atoms with E-state index in [0.717, 1.165) is 40.7 Å². The molecule has 0 unspecified atom stereocenters. The van der Waals surface area contributed by atoms with Crippen molar-refractivity contribution in [2.45, 2.75) is 114 Å². The van der Waals surface area contributed by atoms with Gasteiger partial charge in [-0.1, -0.05) is 82.5 Å². The number of unbranched alkanes of at least 4 members (excludes halogenated alkanes) is 3. The van der Waals surface area contributed by atoms with Gasteiger partial charge in [0.1, 0.15) is 23.1 Å². The summed E-state index contributed by atoms with van der Waals surface area (Å²) >= 11 is 0. The summed E-state index contributed by atoms with van der Waals surface area (Å²) in [5, 5.41) is 0. The van der Waals surface area contributed by atoms with E-state index in [-0.39, 0.29) is 37.0 Å². The number of rotatable bonds is 8. The molecule has 2 aromatic carbocycles. The van der Waals surface area contributed by atoms with Gasteiger partial charge in [0.2, 0.25) is 0 Å². The van der Waals surface area contributed by atoms with E-state index in [1.165, 1.54) is 33.1 Å². The Kier molecular flexibility index (Phi) is 21.1. The van der Waals surface area contributed by atoms with Crippen molar-refractivity contribution in [3.63, 3.8) is 0 Å². The molecule has 2 aromatic rings. The van der Waals surface area contributed by atoms with E-state index in [4.69, 9.17) is 0 Å². The van der Waals surface area contributed by atoms with E-state index >= 15 is 0 Å². The van der Waals surface area contributed by atoms with E-state index < -0.39 is 0 Å². The highest BCUT2D eigenvalue weighted by atomic mass is 16.2. The Morgan fingerprint density at radius 3 is 1.74 bits per heavy atom. The summed E-state index contributed by atoms with van der Waals surface area (Å²) in [6, 6.07) is 13.7. The van der Waals surface area contributed by atoms with Crippen molar-refractivity contribution in [2.75, 3.05) is 0 Å². The van der Waals surface area contributed by atoms with Gasteiger partial charge in [0.15, 0.2) is 5.78 Å². The Morgan fingerprint density at radius 1 is 0.744 bits per heavy atom. The summed E-state index contributed by atoms with van der Waals surface area (Å²) in [5.41, 5.74) is 4.77. The lowest BCUT2D eigenvalue weighted by Crippen LogP contribution is -2.05. The summed E-state index contributed by atoms with van der Waals surface area (Å²) in [6.07, 6.45) is 7.53. The summed E-state index contributed by atoms with van der Waals surface area (Å²) in [7, 11) is 0. The molecule has 0 aromatic heterocycles. The highest BCUT2D eigenvalue weighted by molar-refractivity contribution is 6.10. The van der Waals surface area contributed by atoms with Gasteiger partial charge in [0.25, 0.3) is 0 Å². The molecule has 3 rings (SSSR count). The molecule has 39 heavy (non-hydrogen) atoms. The second kappa shape index (κ2) is 21.7. The monoisotopic (exact) mass is 538 g/mol. The fraction of sp³-hybridized carbons (Fsp3) is 0.500. The molecule has 1 aliphatic carbocycles. The third-order valence-corrected chi connectivity index (χ3v) is 5.81. The minimum atomic E-state index is 0. The molecule has 216 valence electrons. The first-order valence-corrected chi connectivity index (χ1v) is 13.6. The molecule has 0 heterocycles. The maximum Gasteiger partial charge on any atom is 0.193 e. The Balaban J connectivity index is 0. The lowest BCUT2D eigenvalue weighted by molar-refractivity contribution is -0.122. The number of hydrogen-bond donors (Lipinski definition) is 0. The number of hydrogen-bond acceptors (Lipinski definition) is 5. The second-order valence-corrected chi connectivity index (χ2v) is 9.83. The van der Waals surface area contributed by atoms with Gasteiger partial charge in [-0.3, -0.25) is 19.2 Å². The standard InChI is InChI=1S/C16H16O.C9H18O.C5H6O2.C3H6O.CH4/c1-11-8-9-13(3)15(10-11)16(17)14-7-5-4-6-12(14)2;1-3-5-6-7-8-9(10)4-2;6-4-1-2-5(7)3-4;1-3(2)4;/h4-10H,1-3H3;3-8H2,1-2H3;1-3H2;1-2H3;1H4. The topological polar surface area (TPSA) is 85.3 Å². The van der Waals surface area contributed by atoms with Crippen molar-refractivity contribution < 1.29 is 24.0 Å². The Hall–Kier alpha value is -3.21. The van der Waals surface area contributed by atoms with E-state index in [9.17, 15) is 24.0 Å². The first kappa shape index (κ1) is 37.9. The van der Waals surface area contributed by atoms with Crippen molar-refractivity contribution >= 4 is 28.9 Å². The number of aryl methyl sites for hydroxylation is 3. The van der Waals surface area contributed by atoms with Gasteiger partial charge in [0.05, 0.1) is 6.42 Å². The average molecular weight is 539 g/mol. The van der Waals surface area contributed by atoms with Gasteiger partial charge >= 0.3 is 0 Å². The predicted molar refractivity (Wildman–Crippen MR) is 162 cm³/mol. The quantitative estimate of drug-likeness (QED) is 0.192. The smallest absolute Gasteiger partial charge is 0.193 e. The third-order valence-electron chi connectivity index (χ3n) is 5.81. The van der Waals surface area contributed by atoms with Crippen LogP contribution in [-0.2, 0) is 19.2 Å². The summed E-state index contributed by atoms with van der Waals surface area (Å²) in [6.45, 7) is 13.1. The van der Waals surface area contributed by atoms with Crippen LogP contribution in [0.3, 0.4) is 0 Å². The van der Waals surface area contributed by atoms with Gasteiger partial charge in [-0.2, -0.15) is 0 Å². The van der Waals surface area contributed by atoms with Crippen LogP contribution in [0, 0.1) is 20.8 Å². The summed E-state index contributed by atoms with van der Waals surface area (Å²) in [4.78, 5) is 53.1. The van der Waals surface area contributed by atoms with Gasteiger partial charge in [-0.15, -0.1) is 0 Å². The first-order valence-electron chi connectivity index (χ1n) is 13.6. The largest absolute Gasteiger partial charge is 0.300 e. The van der Waals surface area contributed by atoms with Crippen molar-refractivity contribution in [3.8, 4) is 0 Å².